The summed E-state index contributed by atoms with van der Waals surface area (Å²) >= 11 is 0. The molecular weight excluding hydrogens is 185 g/mol. The smallest absolute Gasteiger partial charge is 0.333 e. The summed E-state index contributed by atoms with van der Waals surface area (Å²) in [5, 5.41) is 4.20. The lowest BCUT2D eigenvalue weighted by atomic mass is 10.3. The van der Waals surface area contributed by atoms with Gasteiger partial charge in [0.15, 0.2) is 0 Å². The van der Waals surface area contributed by atoms with E-state index >= 15 is 0 Å². The highest BCUT2D eigenvalue weighted by Gasteiger charge is 2.39. The van der Waals surface area contributed by atoms with Crippen LogP contribution >= 0.6 is 0 Å². The molecule has 1 rings (SSSR count). The van der Waals surface area contributed by atoms with E-state index in [0.717, 1.165) is 12.8 Å². The average Bonchev–Trinajstić information content (AvgIpc) is 2.62. The van der Waals surface area contributed by atoms with E-state index in [2.05, 4.69) is 5.32 Å². The van der Waals surface area contributed by atoms with Crippen LogP contribution in [0.15, 0.2) is 0 Å². The minimum absolute atomic E-state index is 0.282. The van der Waals surface area contributed by atoms with Gasteiger partial charge in [-0.05, 0) is 19.8 Å². The molecule has 1 saturated carbocycles. The Kier molecular flexibility index (Phi) is 2.40. The lowest BCUT2D eigenvalue weighted by Gasteiger charge is -2.13. The van der Waals surface area contributed by atoms with Gasteiger partial charge in [-0.3, -0.25) is 0 Å². The van der Waals surface area contributed by atoms with E-state index in [1.807, 2.05) is 0 Å². The first kappa shape index (κ1) is 10.1. The average molecular weight is 196 g/mol. The molecule has 0 bridgehead atoms. The van der Waals surface area contributed by atoms with Gasteiger partial charge in [0, 0.05) is 5.54 Å². The predicted octanol–water partition coefficient (Wildman–Crippen LogP) is 1.40. The van der Waals surface area contributed by atoms with Crippen molar-refractivity contribution in [2.75, 3.05) is 6.54 Å². The molecule has 1 fully saturated rings. The van der Waals surface area contributed by atoms with Crippen LogP contribution in [0, 0.1) is 0 Å². The van der Waals surface area contributed by atoms with Crippen LogP contribution in [0.1, 0.15) is 19.8 Å². The Morgan fingerprint density at radius 3 is 2.38 bits per heavy atom. The maximum absolute atomic E-state index is 11.6. The van der Waals surface area contributed by atoms with E-state index in [4.69, 9.17) is 0 Å². The van der Waals surface area contributed by atoms with Gasteiger partial charge in [-0.2, -0.15) is 13.2 Å². The molecule has 3 nitrogen and oxygen atoms in total. The number of urea groups is 1. The summed E-state index contributed by atoms with van der Waals surface area (Å²) in [6, 6.07) is -0.752. The second kappa shape index (κ2) is 3.08. The lowest BCUT2D eigenvalue weighted by Crippen LogP contribution is -2.45. The molecule has 76 valence electrons. The highest BCUT2D eigenvalue weighted by molar-refractivity contribution is 5.75. The molecule has 0 heterocycles. The Morgan fingerprint density at radius 1 is 1.46 bits per heavy atom. The number of hydrogen-bond donors (Lipinski definition) is 2. The van der Waals surface area contributed by atoms with E-state index in [0.29, 0.717) is 0 Å². The van der Waals surface area contributed by atoms with Gasteiger partial charge in [0.1, 0.15) is 6.54 Å². The maximum Gasteiger partial charge on any atom is 0.405 e. The lowest BCUT2D eigenvalue weighted by molar-refractivity contribution is -0.122. The molecule has 0 saturated heterocycles. The van der Waals surface area contributed by atoms with Crippen molar-refractivity contribution in [2.45, 2.75) is 31.5 Å². The van der Waals surface area contributed by atoms with Gasteiger partial charge < -0.3 is 10.6 Å². The minimum atomic E-state index is -4.35. The van der Waals surface area contributed by atoms with Crippen molar-refractivity contribution < 1.29 is 18.0 Å². The van der Waals surface area contributed by atoms with Gasteiger partial charge in [0.05, 0.1) is 0 Å². The van der Waals surface area contributed by atoms with Crippen molar-refractivity contribution in [1.82, 2.24) is 10.6 Å². The molecule has 0 aromatic rings. The quantitative estimate of drug-likeness (QED) is 0.688. The van der Waals surface area contributed by atoms with E-state index in [1.54, 1.807) is 12.2 Å². The summed E-state index contributed by atoms with van der Waals surface area (Å²) in [6.07, 6.45) is -2.69. The predicted molar refractivity (Wildman–Crippen MR) is 40.2 cm³/mol. The second-order valence-electron chi connectivity index (χ2n) is 3.48. The Bertz CT molecular complexity index is 210. The zero-order chi connectivity index (χ0) is 10.1. The summed E-state index contributed by atoms with van der Waals surface area (Å²) in [5.74, 6) is 0. The van der Waals surface area contributed by atoms with Gasteiger partial charge >= 0.3 is 12.2 Å². The fourth-order valence-electron chi connectivity index (χ4n) is 0.811. The van der Waals surface area contributed by atoms with Gasteiger partial charge in [-0.25, -0.2) is 4.79 Å². The summed E-state index contributed by atoms with van der Waals surface area (Å²) in [6.45, 7) is 0.509. The molecule has 1 aliphatic rings. The van der Waals surface area contributed by atoms with Crippen molar-refractivity contribution in [2.24, 2.45) is 0 Å². The first-order chi connectivity index (χ1) is 5.81. The molecule has 0 aliphatic heterocycles. The van der Waals surface area contributed by atoms with E-state index in [1.165, 1.54) is 0 Å². The van der Waals surface area contributed by atoms with Crippen LogP contribution in [0.4, 0.5) is 18.0 Å². The number of rotatable bonds is 2. The Morgan fingerprint density at radius 2 is 2.00 bits per heavy atom. The molecule has 0 radical (unpaired) electrons. The molecule has 13 heavy (non-hydrogen) atoms. The zero-order valence-electron chi connectivity index (χ0n) is 7.16. The molecule has 0 unspecified atom stereocenters. The number of hydrogen-bond acceptors (Lipinski definition) is 1. The summed E-state index contributed by atoms with van der Waals surface area (Å²) in [7, 11) is 0. The maximum atomic E-state index is 11.6. The molecule has 0 spiro atoms. The van der Waals surface area contributed by atoms with E-state index in [-0.39, 0.29) is 5.54 Å². The third-order valence-electron chi connectivity index (χ3n) is 1.86. The first-order valence-electron chi connectivity index (χ1n) is 3.94. The molecule has 0 aromatic heterocycles. The van der Waals surface area contributed by atoms with Crippen molar-refractivity contribution in [1.29, 1.82) is 0 Å². The topological polar surface area (TPSA) is 41.1 Å². The fraction of sp³-hybridized carbons (Fsp3) is 0.857. The fourth-order valence-corrected chi connectivity index (χ4v) is 0.811. The molecule has 0 aromatic carbocycles. The monoisotopic (exact) mass is 196 g/mol. The molecule has 6 heteroatoms. The SMILES string of the molecule is CC1(NC(=O)NCC(F)(F)F)CC1. The highest BCUT2D eigenvalue weighted by Crippen LogP contribution is 2.33. The van der Waals surface area contributed by atoms with E-state index < -0.39 is 18.8 Å². The number of halogens is 3. The largest absolute Gasteiger partial charge is 0.405 e. The summed E-state index contributed by atoms with van der Waals surface area (Å²) in [4.78, 5) is 10.8. The second-order valence-corrected chi connectivity index (χ2v) is 3.48. The summed E-state index contributed by atoms with van der Waals surface area (Å²) in [5.41, 5.74) is -0.282. The molecule has 0 atom stereocenters. The van der Waals surface area contributed by atoms with Gasteiger partial charge in [0.25, 0.3) is 0 Å². The van der Waals surface area contributed by atoms with Gasteiger partial charge in [0.2, 0.25) is 0 Å². The Hall–Kier alpha value is -0.940. The van der Waals surface area contributed by atoms with Crippen molar-refractivity contribution in [3.05, 3.63) is 0 Å². The zero-order valence-corrected chi connectivity index (χ0v) is 7.16. The van der Waals surface area contributed by atoms with Crippen molar-refractivity contribution in [3.8, 4) is 0 Å². The van der Waals surface area contributed by atoms with Crippen LogP contribution < -0.4 is 10.6 Å². The number of carbonyl (C=O) groups is 1. The molecule has 1 aliphatic carbocycles. The van der Waals surface area contributed by atoms with Crippen LogP contribution in [0.25, 0.3) is 0 Å². The van der Waals surface area contributed by atoms with Crippen LogP contribution in [-0.4, -0.2) is 24.3 Å². The van der Waals surface area contributed by atoms with Crippen LogP contribution in [0.5, 0.6) is 0 Å². The minimum Gasteiger partial charge on any atom is -0.333 e. The van der Waals surface area contributed by atoms with Crippen LogP contribution in [0.3, 0.4) is 0 Å². The van der Waals surface area contributed by atoms with E-state index in [9.17, 15) is 18.0 Å². The molecular formula is C7H11F3N2O. The normalized spacial score (nSPS) is 19.4. The third kappa shape index (κ3) is 4.00. The Labute approximate surface area is 73.7 Å². The number of carbonyl (C=O) groups excluding carboxylic acids is 1. The first-order valence-corrected chi connectivity index (χ1v) is 3.94. The van der Waals surface area contributed by atoms with Crippen LogP contribution in [-0.2, 0) is 0 Å². The number of nitrogens with one attached hydrogen (secondary N) is 2. The van der Waals surface area contributed by atoms with Gasteiger partial charge in [-0.15, -0.1) is 0 Å². The summed E-state index contributed by atoms with van der Waals surface area (Å²) < 4.78 is 34.9. The van der Waals surface area contributed by atoms with Crippen LogP contribution in [0.2, 0.25) is 0 Å². The standard InChI is InChI=1S/C7H11F3N2O/c1-6(2-3-6)12-5(13)11-4-7(8,9)10/h2-4H2,1H3,(H2,11,12,13). The molecule has 2 amide bonds. The highest BCUT2D eigenvalue weighted by atomic mass is 19.4. The molecule has 2 N–H and O–H groups in total. The number of amides is 2. The van der Waals surface area contributed by atoms with Crippen molar-refractivity contribution >= 4 is 6.03 Å². The van der Waals surface area contributed by atoms with Crippen molar-refractivity contribution in [3.63, 3.8) is 0 Å². The Balaban J connectivity index is 2.18. The third-order valence-corrected chi connectivity index (χ3v) is 1.86. The number of alkyl halides is 3. The van der Waals surface area contributed by atoms with Gasteiger partial charge in [-0.1, -0.05) is 0 Å².